The summed E-state index contributed by atoms with van der Waals surface area (Å²) in [5.74, 6) is -1.06. The van der Waals surface area contributed by atoms with E-state index in [9.17, 15) is 9.59 Å². The first kappa shape index (κ1) is 13.3. The molecule has 0 saturated carbocycles. The summed E-state index contributed by atoms with van der Waals surface area (Å²) < 4.78 is 0. The third-order valence-electron chi connectivity index (χ3n) is 3.39. The lowest BCUT2D eigenvalue weighted by atomic mass is 10.1. The van der Waals surface area contributed by atoms with E-state index in [4.69, 9.17) is 16.9 Å². The quantitative estimate of drug-likeness (QED) is 0.801. The van der Waals surface area contributed by atoms with Gasteiger partial charge in [-0.25, -0.2) is 0 Å². The van der Waals surface area contributed by atoms with Crippen LogP contribution in [0.5, 0.6) is 0 Å². The van der Waals surface area contributed by atoms with Crippen LogP contribution in [0.1, 0.15) is 21.5 Å². The fourth-order valence-electron chi connectivity index (χ4n) is 2.32. The van der Waals surface area contributed by atoms with Gasteiger partial charge in [-0.1, -0.05) is 29.8 Å². The number of nitriles is 1. The number of halogens is 1. The van der Waals surface area contributed by atoms with Crippen LogP contribution in [0.3, 0.4) is 0 Å². The van der Waals surface area contributed by atoms with Gasteiger partial charge in [-0.15, -0.1) is 0 Å². The number of hydrogen-bond acceptors (Lipinski definition) is 3. The van der Waals surface area contributed by atoms with Gasteiger partial charge < -0.3 is 4.90 Å². The third-order valence-corrected chi connectivity index (χ3v) is 3.74. The molecule has 2 aromatic carbocycles. The van der Waals surface area contributed by atoms with E-state index in [0.717, 1.165) is 0 Å². The molecule has 5 heteroatoms. The predicted molar refractivity (Wildman–Crippen MR) is 78.1 cm³/mol. The molecule has 21 heavy (non-hydrogen) atoms. The first-order valence-electron chi connectivity index (χ1n) is 6.25. The van der Waals surface area contributed by atoms with Crippen molar-refractivity contribution < 1.29 is 9.59 Å². The van der Waals surface area contributed by atoms with Gasteiger partial charge in [-0.2, -0.15) is 5.26 Å². The van der Waals surface area contributed by atoms with E-state index < -0.39 is 11.7 Å². The van der Waals surface area contributed by atoms with Crippen molar-refractivity contribution in [3.05, 3.63) is 64.2 Å². The number of nitrogens with zero attached hydrogens (tertiary/aromatic N) is 2. The fourth-order valence-corrected chi connectivity index (χ4v) is 2.56. The number of para-hydroxylation sites is 1. The highest BCUT2D eigenvalue weighted by Gasteiger charge is 2.35. The van der Waals surface area contributed by atoms with Crippen molar-refractivity contribution in [2.24, 2.45) is 0 Å². The number of carbonyl (C=O) groups excluding carboxylic acids is 2. The number of fused-ring (bicyclic) bond motifs is 1. The lowest BCUT2D eigenvalue weighted by Gasteiger charge is -2.17. The highest BCUT2D eigenvalue weighted by molar-refractivity contribution is 6.52. The molecule has 0 aliphatic carbocycles. The van der Waals surface area contributed by atoms with Crippen LogP contribution in [0.25, 0.3) is 0 Å². The molecule has 0 aromatic heterocycles. The van der Waals surface area contributed by atoms with E-state index in [0.29, 0.717) is 27.4 Å². The van der Waals surface area contributed by atoms with Crippen molar-refractivity contribution in [2.75, 3.05) is 4.90 Å². The number of carbonyl (C=O) groups is 2. The SMILES string of the molecule is N#Cc1ccc(CN2C(=O)C(=O)c3ccccc32)c(Cl)c1. The van der Waals surface area contributed by atoms with Crippen LogP contribution in [0.2, 0.25) is 5.02 Å². The zero-order valence-corrected chi connectivity index (χ0v) is 11.6. The molecule has 1 aliphatic heterocycles. The summed E-state index contributed by atoms with van der Waals surface area (Å²) in [6.45, 7) is 0.201. The average Bonchev–Trinajstić information content (AvgIpc) is 2.74. The maximum absolute atomic E-state index is 12.1. The van der Waals surface area contributed by atoms with Crippen molar-refractivity contribution in [3.63, 3.8) is 0 Å². The molecular formula is C16H9ClN2O2. The Morgan fingerprint density at radius 2 is 1.90 bits per heavy atom. The maximum atomic E-state index is 12.1. The van der Waals surface area contributed by atoms with Gasteiger partial charge in [0.2, 0.25) is 0 Å². The summed E-state index contributed by atoms with van der Waals surface area (Å²) in [6.07, 6.45) is 0. The minimum atomic E-state index is -0.559. The van der Waals surface area contributed by atoms with Crippen molar-refractivity contribution in [3.8, 4) is 6.07 Å². The molecule has 1 amide bonds. The summed E-state index contributed by atoms with van der Waals surface area (Å²) in [4.78, 5) is 25.4. The normalized spacial score (nSPS) is 13.2. The largest absolute Gasteiger partial charge is 0.300 e. The minimum absolute atomic E-state index is 0.201. The molecule has 0 spiro atoms. The van der Waals surface area contributed by atoms with Gasteiger partial charge in [0.25, 0.3) is 11.7 Å². The Hall–Kier alpha value is -2.64. The molecule has 0 unspecified atom stereocenters. The van der Waals surface area contributed by atoms with E-state index in [2.05, 4.69) is 0 Å². The van der Waals surface area contributed by atoms with Gasteiger partial charge in [0.15, 0.2) is 0 Å². The Balaban J connectivity index is 1.98. The number of anilines is 1. The van der Waals surface area contributed by atoms with E-state index in [1.165, 1.54) is 4.90 Å². The lowest BCUT2D eigenvalue weighted by molar-refractivity contribution is -0.114. The van der Waals surface area contributed by atoms with Crippen molar-refractivity contribution in [2.45, 2.75) is 6.54 Å². The number of ketones is 1. The van der Waals surface area contributed by atoms with Crippen molar-refractivity contribution in [1.82, 2.24) is 0 Å². The average molecular weight is 297 g/mol. The van der Waals surface area contributed by atoms with Crippen LogP contribution in [0.15, 0.2) is 42.5 Å². The molecule has 1 aliphatic rings. The molecule has 0 fully saturated rings. The topological polar surface area (TPSA) is 61.2 Å². The lowest BCUT2D eigenvalue weighted by Crippen LogP contribution is -2.29. The summed E-state index contributed by atoms with van der Waals surface area (Å²) in [5.41, 5.74) is 2.14. The summed E-state index contributed by atoms with van der Waals surface area (Å²) in [6, 6.07) is 13.7. The molecule has 102 valence electrons. The van der Waals surface area contributed by atoms with Gasteiger partial charge in [0.05, 0.1) is 29.4 Å². The van der Waals surface area contributed by atoms with E-state index in [1.54, 1.807) is 42.5 Å². The Morgan fingerprint density at radius 1 is 1.14 bits per heavy atom. The summed E-state index contributed by atoms with van der Waals surface area (Å²) in [5, 5.41) is 9.23. The zero-order valence-electron chi connectivity index (χ0n) is 10.8. The fraction of sp³-hybridized carbons (Fsp3) is 0.0625. The van der Waals surface area contributed by atoms with Crippen molar-refractivity contribution in [1.29, 1.82) is 5.26 Å². The van der Waals surface area contributed by atoms with Crippen LogP contribution in [-0.4, -0.2) is 11.7 Å². The predicted octanol–water partition coefficient (Wildman–Crippen LogP) is 2.94. The minimum Gasteiger partial charge on any atom is -0.300 e. The smallest absolute Gasteiger partial charge is 0.299 e. The maximum Gasteiger partial charge on any atom is 0.299 e. The molecule has 3 rings (SSSR count). The van der Waals surface area contributed by atoms with E-state index >= 15 is 0 Å². The monoisotopic (exact) mass is 296 g/mol. The standard InChI is InChI=1S/C16H9ClN2O2/c17-13-7-10(8-18)5-6-11(13)9-19-14-4-2-1-3-12(14)15(20)16(19)21/h1-7H,9H2. The Kier molecular flexibility index (Phi) is 3.20. The highest BCUT2D eigenvalue weighted by Crippen LogP contribution is 2.31. The molecule has 4 nitrogen and oxygen atoms in total. The first-order chi connectivity index (χ1) is 10.1. The number of hydrogen-bond donors (Lipinski definition) is 0. The van der Waals surface area contributed by atoms with Gasteiger partial charge in [0, 0.05) is 5.02 Å². The van der Waals surface area contributed by atoms with Crippen LogP contribution in [0.4, 0.5) is 5.69 Å². The molecule has 0 atom stereocenters. The molecule has 1 heterocycles. The van der Waals surface area contributed by atoms with Gasteiger partial charge in [-0.05, 0) is 29.8 Å². The third kappa shape index (κ3) is 2.18. The molecule has 0 radical (unpaired) electrons. The second kappa shape index (κ2) is 5.04. The number of amides is 1. The Labute approximate surface area is 126 Å². The Bertz CT molecular complexity index is 808. The van der Waals surface area contributed by atoms with Gasteiger partial charge >= 0.3 is 0 Å². The number of rotatable bonds is 2. The number of Topliss-reactive ketones (excluding diaryl/α,β-unsaturated/α-hetero) is 1. The first-order valence-corrected chi connectivity index (χ1v) is 6.63. The summed E-state index contributed by atoms with van der Waals surface area (Å²) >= 11 is 6.12. The molecular weight excluding hydrogens is 288 g/mol. The zero-order chi connectivity index (χ0) is 15.0. The second-order valence-corrected chi connectivity index (χ2v) is 5.06. The molecule has 2 aromatic rings. The van der Waals surface area contributed by atoms with Crippen LogP contribution < -0.4 is 4.90 Å². The molecule has 0 bridgehead atoms. The van der Waals surface area contributed by atoms with E-state index in [1.807, 2.05) is 6.07 Å². The molecule has 0 N–H and O–H groups in total. The number of benzene rings is 2. The summed E-state index contributed by atoms with van der Waals surface area (Å²) in [7, 11) is 0. The van der Waals surface area contributed by atoms with Crippen LogP contribution >= 0.6 is 11.6 Å². The Morgan fingerprint density at radius 3 is 2.62 bits per heavy atom. The molecule has 0 saturated heterocycles. The van der Waals surface area contributed by atoms with Gasteiger partial charge in [0.1, 0.15) is 0 Å². The second-order valence-electron chi connectivity index (χ2n) is 4.66. The van der Waals surface area contributed by atoms with Gasteiger partial charge in [-0.3, -0.25) is 9.59 Å². The highest BCUT2D eigenvalue weighted by atomic mass is 35.5. The van der Waals surface area contributed by atoms with Crippen LogP contribution in [0, 0.1) is 11.3 Å². The van der Waals surface area contributed by atoms with E-state index in [-0.39, 0.29) is 6.54 Å². The van der Waals surface area contributed by atoms with Crippen LogP contribution in [-0.2, 0) is 11.3 Å². The van der Waals surface area contributed by atoms with Crippen molar-refractivity contribution >= 4 is 29.0 Å².